The molecule has 0 heterocycles. The van der Waals surface area contributed by atoms with Crippen molar-refractivity contribution in [3.05, 3.63) is 0 Å². The third-order valence-corrected chi connectivity index (χ3v) is 6.63. The van der Waals surface area contributed by atoms with Crippen LogP contribution in [0.5, 0.6) is 0 Å². The molecular formula is C28H58ClN5O2. The second kappa shape index (κ2) is 28.1. The SMILES string of the molecule is CCCCCCCCCCCCCCCCCCCCCC(=O)N[C@@H](CCCN=C(N)N)C(N)=O.Cl. The number of primary amides is 1. The lowest BCUT2D eigenvalue weighted by Crippen LogP contribution is -2.44. The number of unbranched alkanes of at least 4 members (excludes halogenated alkanes) is 18. The van der Waals surface area contributed by atoms with E-state index in [4.69, 9.17) is 17.2 Å². The summed E-state index contributed by atoms with van der Waals surface area (Å²) in [6.45, 7) is 2.70. The van der Waals surface area contributed by atoms with Crippen LogP contribution in [-0.4, -0.2) is 30.4 Å². The monoisotopic (exact) mass is 531 g/mol. The Kier molecular flexibility index (Phi) is 28.6. The maximum Gasteiger partial charge on any atom is 0.240 e. The molecule has 0 aliphatic carbocycles. The zero-order valence-electron chi connectivity index (χ0n) is 23.2. The van der Waals surface area contributed by atoms with Crippen molar-refractivity contribution in [2.45, 2.75) is 154 Å². The van der Waals surface area contributed by atoms with Gasteiger partial charge in [0.2, 0.25) is 11.8 Å². The van der Waals surface area contributed by atoms with Crippen molar-refractivity contribution in [1.29, 1.82) is 0 Å². The van der Waals surface area contributed by atoms with Crippen LogP contribution in [-0.2, 0) is 9.59 Å². The van der Waals surface area contributed by atoms with Crippen LogP contribution in [0.4, 0.5) is 0 Å². The van der Waals surface area contributed by atoms with Crippen molar-refractivity contribution in [3.8, 4) is 0 Å². The van der Waals surface area contributed by atoms with Gasteiger partial charge in [-0.2, -0.15) is 0 Å². The zero-order valence-corrected chi connectivity index (χ0v) is 24.1. The fourth-order valence-electron chi connectivity index (χ4n) is 4.42. The van der Waals surface area contributed by atoms with E-state index in [9.17, 15) is 9.59 Å². The Balaban J connectivity index is 0. The lowest BCUT2D eigenvalue weighted by Gasteiger charge is -2.15. The van der Waals surface area contributed by atoms with Crippen LogP contribution in [0.2, 0.25) is 0 Å². The van der Waals surface area contributed by atoms with E-state index in [2.05, 4.69) is 17.2 Å². The lowest BCUT2D eigenvalue weighted by molar-refractivity contribution is -0.127. The van der Waals surface area contributed by atoms with E-state index >= 15 is 0 Å². The van der Waals surface area contributed by atoms with Crippen LogP contribution in [0.15, 0.2) is 4.99 Å². The summed E-state index contributed by atoms with van der Waals surface area (Å²) in [5, 5.41) is 2.74. The number of amides is 2. The average Bonchev–Trinajstić information content (AvgIpc) is 2.82. The molecule has 0 aromatic carbocycles. The Morgan fingerprint density at radius 2 is 1.03 bits per heavy atom. The van der Waals surface area contributed by atoms with Gasteiger partial charge in [0.05, 0.1) is 0 Å². The first-order valence-electron chi connectivity index (χ1n) is 14.6. The first kappa shape index (κ1) is 36.7. The Morgan fingerprint density at radius 1 is 0.639 bits per heavy atom. The molecule has 0 aliphatic heterocycles. The van der Waals surface area contributed by atoms with Gasteiger partial charge in [0.1, 0.15) is 6.04 Å². The highest BCUT2D eigenvalue weighted by atomic mass is 35.5. The first-order chi connectivity index (χ1) is 17.0. The molecule has 2 amide bonds. The molecular weight excluding hydrogens is 474 g/mol. The van der Waals surface area contributed by atoms with E-state index in [1.807, 2.05) is 0 Å². The predicted molar refractivity (Wildman–Crippen MR) is 156 cm³/mol. The number of nitrogens with two attached hydrogens (primary N) is 3. The molecule has 0 fully saturated rings. The fraction of sp³-hybridized carbons (Fsp3) is 0.893. The fourth-order valence-corrected chi connectivity index (χ4v) is 4.42. The number of nitrogens with zero attached hydrogens (tertiary/aromatic N) is 1. The van der Waals surface area contributed by atoms with Gasteiger partial charge in [-0.05, 0) is 19.3 Å². The molecule has 214 valence electrons. The summed E-state index contributed by atoms with van der Waals surface area (Å²) >= 11 is 0. The van der Waals surface area contributed by atoms with Crippen molar-refractivity contribution >= 4 is 30.2 Å². The zero-order chi connectivity index (χ0) is 26.0. The highest BCUT2D eigenvalue weighted by molar-refractivity contribution is 5.86. The molecule has 0 spiro atoms. The number of rotatable bonds is 26. The summed E-state index contributed by atoms with van der Waals surface area (Å²) in [4.78, 5) is 27.5. The molecule has 0 aromatic rings. The molecule has 0 saturated carbocycles. The number of carbonyl (C=O) groups excluding carboxylic acids is 2. The van der Waals surface area contributed by atoms with E-state index < -0.39 is 11.9 Å². The number of halogens is 1. The van der Waals surface area contributed by atoms with E-state index in [0.29, 0.717) is 25.8 Å². The van der Waals surface area contributed by atoms with Gasteiger partial charge in [-0.1, -0.05) is 122 Å². The van der Waals surface area contributed by atoms with Gasteiger partial charge in [0, 0.05) is 13.0 Å². The van der Waals surface area contributed by atoms with Crippen LogP contribution in [0.1, 0.15) is 148 Å². The minimum absolute atomic E-state index is 0. The maximum absolute atomic E-state index is 12.1. The smallest absolute Gasteiger partial charge is 0.240 e. The van der Waals surface area contributed by atoms with Crippen LogP contribution in [0.3, 0.4) is 0 Å². The Morgan fingerprint density at radius 3 is 1.39 bits per heavy atom. The second-order valence-corrected chi connectivity index (χ2v) is 10.1. The van der Waals surface area contributed by atoms with Crippen molar-refractivity contribution in [3.63, 3.8) is 0 Å². The van der Waals surface area contributed by atoms with E-state index in [0.717, 1.165) is 12.8 Å². The van der Waals surface area contributed by atoms with Gasteiger partial charge in [0.25, 0.3) is 0 Å². The predicted octanol–water partition coefficient (Wildman–Crippen LogP) is 6.25. The number of aliphatic imine (C=N–C) groups is 1. The summed E-state index contributed by atoms with van der Waals surface area (Å²) in [5.41, 5.74) is 15.9. The summed E-state index contributed by atoms with van der Waals surface area (Å²) in [6, 6.07) is -0.656. The summed E-state index contributed by atoms with van der Waals surface area (Å²) < 4.78 is 0. The van der Waals surface area contributed by atoms with E-state index in [-0.39, 0.29) is 24.3 Å². The molecule has 0 radical (unpaired) electrons. The Bertz CT molecular complexity index is 542. The van der Waals surface area contributed by atoms with Gasteiger partial charge in [-0.3, -0.25) is 14.6 Å². The van der Waals surface area contributed by atoms with Crippen molar-refractivity contribution in [2.75, 3.05) is 6.54 Å². The van der Waals surface area contributed by atoms with Crippen LogP contribution in [0, 0.1) is 0 Å². The molecule has 0 bridgehead atoms. The maximum atomic E-state index is 12.1. The second-order valence-electron chi connectivity index (χ2n) is 10.1. The van der Waals surface area contributed by atoms with E-state index in [1.54, 1.807) is 0 Å². The third kappa shape index (κ3) is 27.1. The quantitative estimate of drug-likeness (QED) is 0.0594. The first-order valence-corrected chi connectivity index (χ1v) is 14.6. The van der Waals surface area contributed by atoms with Gasteiger partial charge >= 0.3 is 0 Å². The largest absolute Gasteiger partial charge is 0.370 e. The standard InChI is InChI=1S/C28H57N5O2.ClH/c1-2-3-4-5-6-7-8-9-10-11-12-13-14-15-16-17-18-19-20-23-26(34)33-25(27(29)35)22-21-24-32-28(30)31;/h25H,2-24H2,1H3,(H2,29,35)(H,33,34)(H4,30,31,32);1H/t25-;/m0./s1. The number of hydrogen-bond acceptors (Lipinski definition) is 3. The van der Waals surface area contributed by atoms with Gasteiger partial charge < -0.3 is 22.5 Å². The normalized spacial score (nSPS) is 11.5. The highest BCUT2D eigenvalue weighted by Gasteiger charge is 2.17. The Labute approximate surface area is 228 Å². The van der Waals surface area contributed by atoms with Crippen LogP contribution >= 0.6 is 12.4 Å². The number of hydrogen-bond donors (Lipinski definition) is 4. The van der Waals surface area contributed by atoms with E-state index in [1.165, 1.54) is 109 Å². The third-order valence-electron chi connectivity index (χ3n) is 6.63. The van der Waals surface area contributed by atoms with Crippen molar-refractivity contribution < 1.29 is 9.59 Å². The highest BCUT2D eigenvalue weighted by Crippen LogP contribution is 2.15. The molecule has 7 nitrogen and oxygen atoms in total. The van der Waals surface area contributed by atoms with Gasteiger partial charge in [0.15, 0.2) is 5.96 Å². The minimum atomic E-state index is -0.656. The molecule has 0 unspecified atom stereocenters. The lowest BCUT2D eigenvalue weighted by atomic mass is 10.0. The molecule has 0 saturated heterocycles. The van der Waals surface area contributed by atoms with Crippen molar-refractivity contribution in [1.82, 2.24) is 5.32 Å². The molecule has 0 aliphatic rings. The van der Waals surface area contributed by atoms with Crippen LogP contribution < -0.4 is 22.5 Å². The molecule has 36 heavy (non-hydrogen) atoms. The molecule has 0 rings (SSSR count). The number of carbonyl (C=O) groups is 2. The summed E-state index contributed by atoms with van der Waals surface area (Å²) in [5.74, 6) is -0.604. The van der Waals surface area contributed by atoms with Crippen LogP contribution in [0.25, 0.3) is 0 Å². The summed E-state index contributed by atoms with van der Waals surface area (Å²) in [6.07, 6.45) is 26.7. The molecule has 0 aromatic heterocycles. The number of nitrogens with one attached hydrogen (secondary N) is 1. The van der Waals surface area contributed by atoms with Gasteiger partial charge in [-0.15, -0.1) is 12.4 Å². The molecule has 7 N–H and O–H groups in total. The minimum Gasteiger partial charge on any atom is -0.370 e. The number of guanidine groups is 1. The molecule has 8 heteroatoms. The van der Waals surface area contributed by atoms with Gasteiger partial charge in [-0.25, -0.2) is 0 Å². The average molecular weight is 532 g/mol. The Hall–Kier alpha value is -1.50. The van der Waals surface area contributed by atoms with Crippen molar-refractivity contribution in [2.24, 2.45) is 22.2 Å². The summed E-state index contributed by atoms with van der Waals surface area (Å²) in [7, 11) is 0. The topological polar surface area (TPSA) is 137 Å². The molecule has 1 atom stereocenters.